The average Bonchev–Trinajstić information content (AvgIpc) is 2.99. The van der Waals surface area contributed by atoms with Crippen LogP contribution in [0, 0.1) is 12.7 Å². The van der Waals surface area contributed by atoms with Gasteiger partial charge in [0.2, 0.25) is 0 Å². The van der Waals surface area contributed by atoms with E-state index in [1.54, 1.807) is 28.4 Å². The number of thiazole rings is 1. The number of anilines is 1. The number of aryl methyl sites for hydroxylation is 1. The van der Waals surface area contributed by atoms with Gasteiger partial charge in [0.25, 0.3) is 0 Å². The molecule has 2 aromatic rings. The van der Waals surface area contributed by atoms with E-state index in [4.69, 9.17) is 0 Å². The lowest BCUT2D eigenvalue weighted by Crippen LogP contribution is -2.51. The fourth-order valence-electron chi connectivity index (χ4n) is 2.52. The molecular formula is C16H19FN4OS. The molecule has 0 aliphatic carbocycles. The number of hydrogen-bond acceptors (Lipinski definition) is 4. The topological polar surface area (TPSA) is 48.5 Å². The maximum Gasteiger partial charge on any atom is 0.317 e. The molecule has 7 heteroatoms. The first-order chi connectivity index (χ1) is 11.1. The monoisotopic (exact) mass is 334 g/mol. The molecule has 1 aliphatic rings. The van der Waals surface area contributed by atoms with Crippen LogP contribution >= 0.6 is 11.3 Å². The van der Waals surface area contributed by atoms with Crippen molar-refractivity contribution in [2.75, 3.05) is 31.1 Å². The van der Waals surface area contributed by atoms with E-state index in [9.17, 15) is 9.18 Å². The molecule has 0 atom stereocenters. The smallest absolute Gasteiger partial charge is 0.317 e. The third-order valence-corrected chi connectivity index (χ3v) is 4.80. The highest BCUT2D eigenvalue weighted by atomic mass is 32.1. The van der Waals surface area contributed by atoms with E-state index in [-0.39, 0.29) is 11.8 Å². The van der Waals surface area contributed by atoms with Crippen molar-refractivity contribution < 1.29 is 9.18 Å². The molecule has 0 bridgehead atoms. The number of carbonyl (C=O) groups excluding carboxylic acids is 1. The summed E-state index contributed by atoms with van der Waals surface area (Å²) in [5.74, 6) is -0.288. The number of piperazine rings is 1. The molecule has 1 saturated heterocycles. The summed E-state index contributed by atoms with van der Waals surface area (Å²) < 4.78 is 13.1. The second-order valence-corrected chi connectivity index (χ2v) is 6.37. The summed E-state index contributed by atoms with van der Waals surface area (Å²) in [6, 6.07) is 6.16. The molecule has 0 unspecified atom stereocenters. The molecular weight excluding hydrogens is 315 g/mol. The van der Waals surface area contributed by atoms with E-state index in [0.717, 1.165) is 29.5 Å². The van der Waals surface area contributed by atoms with E-state index in [1.165, 1.54) is 12.1 Å². The van der Waals surface area contributed by atoms with Crippen molar-refractivity contribution in [2.45, 2.75) is 13.5 Å². The summed E-state index contributed by atoms with van der Waals surface area (Å²) in [5, 5.41) is 5.89. The molecule has 1 N–H and O–H groups in total. The van der Waals surface area contributed by atoms with Gasteiger partial charge in [-0.2, -0.15) is 0 Å². The van der Waals surface area contributed by atoms with Crippen molar-refractivity contribution in [1.29, 1.82) is 0 Å². The Hall–Kier alpha value is -2.15. The Morgan fingerprint density at radius 3 is 2.78 bits per heavy atom. The fourth-order valence-corrected chi connectivity index (χ4v) is 3.38. The van der Waals surface area contributed by atoms with Crippen molar-refractivity contribution in [2.24, 2.45) is 0 Å². The quantitative estimate of drug-likeness (QED) is 0.939. The SMILES string of the molecule is Cc1csc(N2CCN(C(=O)NCc3cccc(F)c3)CC2)n1. The Morgan fingerprint density at radius 2 is 2.13 bits per heavy atom. The van der Waals surface area contributed by atoms with Crippen LogP contribution in [-0.2, 0) is 6.54 Å². The lowest BCUT2D eigenvalue weighted by Gasteiger charge is -2.34. The van der Waals surface area contributed by atoms with E-state index in [2.05, 4.69) is 15.2 Å². The van der Waals surface area contributed by atoms with Gasteiger partial charge in [-0.25, -0.2) is 14.2 Å². The molecule has 5 nitrogen and oxygen atoms in total. The van der Waals surface area contributed by atoms with Gasteiger partial charge in [0.1, 0.15) is 5.82 Å². The molecule has 3 rings (SSSR count). The lowest BCUT2D eigenvalue weighted by molar-refractivity contribution is 0.194. The first-order valence-electron chi connectivity index (χ1n) is 7.56. The molecule has 2 amide bonds. The van der Waals surface area contributed by atoms with Crippen molar-refractivity contribution in [3.8, 4) is 0 Å². The van der Waals surface area contributed by atoms with Crippen LogP contribution in [0.2, 0.25) is 0 Å². The van der Waals surface area contributed by atoms with Gasteiger partial charge < -0.3 is 15.1 Å². The third-order valence-electron chi connectivity index (χ3n) is 3.78. The number of benzene rings is 1. The van der Waals surface area contributed by atoms with Gasteiger partial charge in [-0.1, -0.05) is 12.1 Å². The summed E-state index contributed by atoms with van der Waals surface area (Å²) in [7, 11) is 0. The van der Waals surface area contributed by atoms with Crippen molar-refractivity contribution in [3.63, 3.8) is 0 Å². The van der Waals surface area contributed by atoms with Gasteiger partial charge >= 0.3 is 6.03 Å². The van der Waals surface area contributed by atoms with Gasteiger partial charge in [0.05, 0.1) is 5.69 Å². The number of halogens is 1. The van der Waals surface area contributed by atoms with Crippen LogP contribution in [-0.4, -0.2) is 42.1 Å². The second kappa shape index (κ2) is 6.95. The number of aromatic nitrogens is 1. The van der Waals surface area contributed by atoms with Crippen molar-refractivity contribution >= 4 is 22.5 Å². The fraction of sp³-hybridized carbons (Fsp3) is 0.375. The van der Waals surface area contributed by atoms with E-state index < -0.39 is 0 Å². The maximum absolute atomic E-state index is 13.1. The van der Waals surface area contributed by atoms with Gasteiger partial charge in [-0.15, -0.1) is 11.3 Å². The number of nitrogens with one attached hydrogen (secondary N) is 1. The molecule has 2 heterocycles. The molecule has 0 radical (unpaired) electrons. The third kappa shape index (κ3) is 3.98. The van der Waals surface area contributed by atoms with Crippen LogP contribution in [0.5, 0.6) is 0 Å². The van der Waals surface area contributed by atoms with Crippen molar-refractivity contribution in [1.82, 2.24) is 15.2 Å². The zero-order valence-corrected chi connectivity index (χ0v) is 13.8. The number of rotatable bonds is 3. The molecule has 0 spiro atoms. The van der Waals surface area contributed by atoms with Crippen LogP contribution in [0.15, 0.2) is 29.6 Å². The number of amides is 2. The standard InChI is InChI=1S/C16H19FN4OS/c1-12-11-23-16(19-12)21-7-5-20(6-8-21)15(22)18-10-13-3-2-4-14(17)9-13/h2-4,9,11H,5-8,10H2,1H3,(H,18,22). The Morgan fingerprint density at radius 1 is 1.35 bits per heavy atom. The molecule has 1 fully saturated rings. The number of urea groups is 1. The highest BCUT2D eigenvalue weighted by Crippen LogP contribution is 2.21. The number of hydrogen-bond donors (Lipinski definition) is 1. The maximum atomic E-state index is 13.1. The normalized spacial score (nSPS) is 14.9. The van der Waals surface area contributed by atoms with Gasteiger partial charge in [0.15, 0.2) is 5.13 Å². The van der Waals surface area contributed by atoms with Crippen LogP contribution in [0.4, 0.5) is 14.3 Å². The Bertz CT molecular complexity index is 682. The molecule has 122 valence electrons. The lowest BCUT2D eigenvalue weighted by atomic mass is 10.2. The second-order valence-electron chi connectivity index (χ2n) is 5.53. The summed E-state index contributed by atoms with van der Waals surface area (Å²) in [6.45, 7) is 5.19. The molecule has 1 aromatic heterocycles. The average molecular weight is 334 g/mol. The van der Waals surface area contributed by atoms with E-state index in [0.29, 0.717) is 19.6 Å². The minimum atomic E-state index is -0.288. The van der Waals surface area contributed by atoms with Crippen LogP contribution in [0.1, 0.15) is 11.3 Å². The highest BCUT2D eigenvalue weighted by Gasteiger charge is 2.22. The van der Waals surface area contributed by atoms with Crippen LogP contribution < -0.4 is 10.2 Å². The van der Waals surface area contributed by atoms with Gasteiger partial charge in [-0.05, 0) is 24.6 Å². The summed E-state index contributed by atoms with van der Waals surface area (Å²) in [6.07, 6.45) is 0. The molecule has 23 heavy (non-hydrogen) atoms. The Labute approximate surface area is 138 Å². The number of nitrogens with zero attached hydrogens (tertiary/aromatic N) is 3. The summed E-state index contributed by atoms with van der Waals surface area (Å²) >= 11 is 1.63. The Balaban J connectivity index is 1.48. The predicted molar refractivity (Wildman–Crippen MR) is 89.3 cm³/mol. The zero-order chi connectivity index (χ0) is 16.2. The predicted octanol–water partition coefficient (Wildman–Crippen LogP) is 2.62. The van der Waals surface area contributed by atoms with Crippen molar-refractivity contribution in [3.05, 3.63) is 46.7 Å². The van der Waals surface area contributed by atoms with Crippen LogP contribution in [0.25, 0.3) is 0 Å². The number of carbonyl (C=O) groups is 1. The zero-order valence-electron chi connectivity index (χ0n) is 13.0. The summed E-state index contributed by atoms with van der Waals surface area (Å²) in [4.78, 5) is 20.7. The van der Waals surface area contributed by atoms with E-state index >= 15 is 0 Å². The largest absolute Gasteiger partial charge is 0.345 e. The first kappa shape index (κ1) is 15.7. The van der Waals surface area contributed by atoms with Gasteiger partial charge in [0, 0.05) is 38.1 Å². The molecule has 1 aliphatic heterocycles. The highest BCUT2D eigenvalue weighted by molar-refractivity contribution is 7.13. The molecule has 0 saturated carbocycles. The Kier molecular flexibility index (Phi) is 4.76. The minimum Gasteiger partial charge on any atom is -0.345 e. The summed E-state index contributed by atoms with van der Waals surface area (Å²) in [5.41, 5.74) is 1.79. The minimum absolute atomic E-state index is 0.107. The van der Waals surface area contributed by atoms with Crippen LogP contribution in [0.3, 0.4) is 0 Å². The first-order valence-corrected chi connectivity index (χ1v) is 8.44. The molecule has 1 aromatic carbocycles. The van der Waals surface area contributed by atoms with Gasteiger partial charge in [-0.3, -0.25) is 0 Å². The van der Waals surface area contributed by atoms with E-state index in [1.807, 2.05) is 12.3 Å².